The van der Waals surface area contributed by atoms with Crippen LogP contribution in [0.25, 0.3) is 0 Å². The first kappa shape index (κ1) is 19.5. The minimum Gasteiger partial charge on any atom is -0.493 e. The Labute approximate surface area is 148 Å². The van der Waals surface area contributed by atoms with Gasteiger partial charge in [-0.15, -0.1) is 0 Å². The Balaban J connectivity index is 2.07. The normalized spacial score (nSPS) is 21.0. The Kier molecular flexibility index (Phi) is 7.49. The molecule has 25 heavy (non-hydrogen) atoms. The number of para-hydroxylation sites is 1. The number of aliphatic hydroxyl groups is 1. The van der Waals surface area contributed by atoms with Crippen LogP contribution < -0.4 is 14.8 Å². The Morgan fingerprint density at radius 2 is 2.12 bits per heavy atom. The van der Waals surface area contributed by atoms with Crippen LogP contribution >= 0.6 is 0 Å². The number of rotatable bonds is 8. The van der Waals surface area contributed by atoms with Crippen molar-refractivity contribution in [3.8, 4) is 11.5 Å². The molecule has 1 aliphatic heterocycles. The smallest absolute Gasteiger partial charge is 0.246 e. The monoisotopic (exact) mass is 352 g/mol. The molecule has 1 aliphatic rings. The molecule has 1 aromatic rings. The van der Waals surface area contributed by atoms with Gasteiger partial charge in [-0.3, -0.25) is 9.69 Å². The standard InChI is InChI=1S/C18H28N2O5/c1-23-12-17(22)19-15-10-20(8-7-14(15)11-21)9-13-5-4-6-16(24-2)18(13)25-3/h4-6,14-15,21H,7-12H2,1-3H3,(H,19,22)/t14-,15-/m1/s1. The molecule has 0 radical (unpaired) electrons. The second kappa shape index (κ2) is 9.60. The number of nitrogens with zero attached hydrogens (tertiary/aromatic N) is 1. The van der Waals surface area contributed by atoms with Crippen LogP contribution in [0.2, 0.25) is 0 Å². The number of carbonyl (C=O) groups excluding carboxylic acids is 1. The third-order valence-electron chi connectivity index (χ3n) is 4.57. The fraction of sp³-hybridized carbons (Fsp3) is 0.611. The number of amides is 1. The summed E-state index contributed by atoms with van der Waals surface area (Å²) in [5.41, 5.74) is 1.03. The van der Waals surface area contributed by atoms with Gasteiger partial charge >= 0.3 is 0 Å². The van der Waals surface area contributed by atoms with Gasteiger partial charge in [0, 0.05) is 44.3 Å². The van der Waals surface area contributed by atoms with E-state index in [1.54, 1.807) is 14.2 Å². The van der Waals surface area contributed by atoms with Crippen molar-refractivity contribution in [2.45, 2.75) is 19.0 Å². The Hall–Kier alpha value is -1.83. The van der Waals surface area contributed by atoms with Crippen LogP contribution in [0.5, 0.6) is 11.5 Å². The summed E-state index contributed by atoms with van der Waals surface area (Å²) in [5.74, 6) is 1.33. The van der Waals surface area contributed by atoms with Gasteiger partial charge < -0.3 is 24.6 Å². The molecule has 0 unspecified atom stereocenters. The number of hydrogen-bond acceptors (Lipinski definition) is 6. The van der Waals surface area contributed by atoms with E-state index >= 15 is 0 Å². The summed E-state index contributed by atoms with van der Waals surface area (Å²) in [4.78, 5) is 14.1. The molecule has 1 heterocycles. The number of nitrogens with one attached hydrogen (secondary N) is 1. The van der Waals surface area contributed by atoms with E-state index in [9.17, 15) is 9.90 Å². The van der Waals surface area contributed by atoms with Gasteiger partial charge in [0.25, 0.3) is 0 Å². The quantitative estimate of drug-likeness (QED) is 0.715. The van der Waals surface area contributed by atoms with Crippen LogP contribution in [0.3, 0.4) is 0 Å². The summed E-state index contributed by atoms with van der Waals surface area (Å²) in [6.07, 6.45) is 0.820. The third kappa shape index (κ3) is 5.07. The molecule has 0 bridgehead atoms. The number of ether oxygens (including phenoxy) is 3. The molecule has 0 spiro atoms. The summed E-state index contributed by atoms with van der Waals surface area (Å²) < 4.78 is 15.7. The predicted molar refractivity (Wildman–Crippen MR) is 93.8 cm³/mol. The second-order valence-electron chi connectivity index (χ2n) is 6.23. The fourth-order valence-electron chi connectivity index (χ4n) is 3.29. The molecule has 7 heteroatoms. The predicted octanol–water partition coefficient (Wildman–Crippen LogP) is 0.649. The Bertz CT molecular complexity index is 566. The molecule has 7 nitrogen and oxygen atoms in total. The third-order valence-corrected chi connectivity index (χ3v) is 4.57. The summed E-state index contributed by atoms with van der Waals surface area (Å²) >= 11 is 0. The summed E-state index contributed by atoms with van der Waals surface area (Å²) in [5, 5.41) is 12.6. The van der Waals surface area contributed by atoms with Crippen LogP contribution in [0.4, 0.5) is 0 Å². The summed E-state index contributed by atoms with van der Waals surface area (Å²) in [7, 11) is 4.74. The molecular weight excluding hydrogens is 324 g/mol. The van der Waals surface area contributed by atoms with Gasteiger partial charge in [0.05, 0.1) is 14.2 Å². The number of methoxy groups -OCH3 is 3. The van der Waals surface area contributed by atoms with Gasteiger partial charge in [-0.25, -0.2) is 0 Å². The second-order valence-corrected chi connectivity index (χ2v) is 6.23. The molecule has 0 aliphatic carbocycles. The van der Waals surface area contributed by atoms with E-state index in [1.165, 1.54) is 7.11 Å². The lowest BCUT2D eigenvalue weighted by Gasteiger charge is -2.38. The zero-order valence-electron chi connectivity index (χ0n) is 15.2. The van der Waals surface area contributed by atoms with Crippen LogP contribution in [0, 0.1) is 5.92 Å². The van der Waals surface area contributed by atoms with Crippen LogP contribution in [-0.4, -0.2) is 69.6 Å². The number of piperidine rings is 1. The lowest BCUT2D eigenvalue weighted by atomic mass is 9.92. The first-order valence-electron chi connectivity index (χ1n) is 8.44. The largest absolute Gasteiger partial charge is 0.493 e. The van der Waals surface area contributed by atoms with Crippen molar-refractivity contribution >= 4 is 5.91 Å². The average Bonchev–Trinajstić information content (AvgIpc) is 2.62. The van der Waals surface area contributed by atoms with E-state index in [0.29, 0.717) is 18.8 Å². The number of likely N-dealkylation sites (tertiary alicyclic amines) is 1. The lowest BCUT2D eigenvalue weighted by Crippen LogP contribution is -2.53. The highest BCUT2D eigenvalue weighted by atomic mass is 16.5. The van der Waals surface area contributed by atoms with E-state index in [4.69, 9.17) is 14.2 Å². The van der Waals surface area contributed by atoms with Crippen molar-refractivity contribution in [3.05, 3.63) is 23.8 Å². The maximum absolute atomic E-state index is 11.8. The molecule has 0 aromatic heterocycles. The Morgan fingerprint density at radius 1 is 1.32 bits per heavy atom. The minimum absolute atomic E-state index is 0.0261. The summed E-state index contributed by atoms with van der Waals surface area (Å²) in [6, 6.07) is 5.72. The number of carbonyl (C=O) groups is 1. The van der Waals surface area contributed by atoms with Crippen molar-refractivity contribution < 1.29 is 24.1 Å². The zero-order chi connectivity index (χ0) is 18.2. The lowest BCUT2D eigenvalue weighted by molar-refractivity contribution is -0.126. The van der Waals surface area contributed by atoms with Gasteiger partial charge in [0.1, 0.15) is 6.61 Å². The maximum atomic E-state index is 11.8. The fourth-order valence-corrected chi connectivity index (χ4v) is 3.29. The molecule has 140 valence electrons. The van der Waals surface area contributed by atoms with E-state index < -0.39 is 0 Å². The molecule has 1 aromatic carbocycles. The van der Waals surface area contributed by atoms with Crippen LogP contribution in [0.1, 0.15) is 12.0 Å². The molecular formula is C18H28N2O5. The zero-order valence-corrected chi connectivity index (χ0v) is 15.2. The highest BCUT2D eigenvalue weighted by molar-refractivity contribution is 5.77. The number of aliphatic hydroxyl groups excluding tert-OH is 1. The van der Waals surface area contributed by atoms with E-state index in [-0.39, 0.29) is 31.1 Å². The Morgan fingerprint density at radius 3 is 2.76 bits per heavy atom. The molecule has 1 fully saturated rings. The van der Waals surface area contributed by atoms with Crippen molar-refractivity contribution in [3.63, 3.8) is 0 Å². The molecule has 1 saturated heterocycles. The van der Waals surface area contributed by atoms with Gasteiger partial charge in [-0.1, -0.05) is 12.1 Å². The highest BCUT2D eigenvalue weighted by Crippen LogP contribution is 2.32. The van der Waals surface area contributed by atoms with E-state index in [2.05, 4.69) is 10.2 Å². The first-order chi connectivity index (χ1) is 12.1. The van der Waals surface area contributed by atoms with Gasteiger partial charge in [0.15, 0.2) is 11.5 Å². The summed E-state index contributed by atoms with van der Waals surface area (Å²) in [6.45, 7) is 2.30. The molecule has 2 atom stereocenters. The molecule has 2 rings (SSSR count). The van der Waals surface area contributed by atoms with Gasteiger partial charge in [-0.05, 0) is 19.0 Å². The van der Waals surface area contributed by atoms with E-state index in [1.807, 2.05) is 18.2 Å². The maximum Gasteiger partial charge on any atom is 0.246 e. The highest BCUT2D eigenvalue weighted by Gasteiger charge is 2.30. The van der Waals surface area contributed by atoms with Crippen LogP contribution in [-0.2, 0) is 16.1 Å². The van der Waals surface area contributed by atoms with Crippen molar-refractivity contribution in [2.24, 2.45) is 5.92 Å². The minimum atomic E-state index is -0.160. The number of hydrogen-bond donors (Lipinski definition) is 2. The molecule has 2 N–H and O–H groups in total. The average molecular weight is 352 g/mol. The van der Waals surface area contributed by atoms with E-state index in [0.717, 1.165) is 24.3 Å². The van der Waals surface area contributed by atoms with Gasteiger partial charge in [-0.2, -0.15) is 0 Å². The molecule has 0 saturated carbocycles. The van der Waals surface area contributed by atoms with Crippen molar-refractivity contribution in [1.82, 2.24) is 10.2 Å². The van der Waals surface area contributed by atoms with Crippen LogP contribution in [0.15, 0.2) is 18.2 Å². The molecule has 1 amide bonds. The first-order valence-corrected chi connectivity index (χ1v) is 8.44. The van der Waals surface area contributed by atoms with Crippen molar-refractivity contribution in [2.75, 3.05) is 47.6 Å². The topological polar surface area (TPSA) is 80.3 Å². The number of benzene rings is 1. The van der Waals surface area contributed by atoms with Gasteiger partial charge in [0.2, 0.25) is 5.91 Å². The van der Waals surface area contributed by atoms with Crippen molar-refractivity contribution in [1.29, 1.82) is 0 Å². The SMILES string of the molecule is COCC(=O)N[C@@H]1CN(Cc2cccc(OC)c2OC)CC[C@@H]1CO.